The summed E-state index contributed by atoms with van der Waals surface area (Å²) in [4.78, 5) is 3.14. The molecule has 0 aliphatic rings. The average molecular weight is 291 g/mol. The number of benzene rings is 2. The number of hydrogen-bond acceptors (Lipinski definition) is 2. The molecule has 0 atom stereocenters. The molecular formula is C14H11ClN2OS. The highest BCUT2D eigenvalue weighted by Gasteiger charge is 2.08. The lowest BCUT2D eigenvalue weighted by Gasteiger charge is -2.06. The molecule has 19 heavy (non-hydrogen) atoms. The van der Waals surface area contributed by atoms with E-state index < -0.39 is 0 Å². The zero-order chi connectivity index (χ0) is 13.4. The van der Waals surface area contributed by atoms with E-state index in [1.165, 1.54) is 0 Å². The van der Waals surface area contributed by atoms with Crippen molar-refractivity contribution in [1.82, 2.24) is 9.55 Å². The standard InChI is InChI=1S/C14H11ClN2OS/c1-18-10-7-5-9(6-8-10)17-12-4-2-3-11(15)13(12)16-14(17)19/h2-8H,1H3,(H,16,19). The molecule has 3 aromatic rings. The molecule has 2 aromatic carbocycles. The van der Waals surface area contributed by atoms with Crippen LogP contribution in [-0.2, 0) is 0 Å². The number of imidazole rings is 1. The summed E-state index contributed by atoms with van der Waals surface area (Å²) in [7, 11) is 1.64. The van der Waals surface area contributed by atoms with Gasteiger partial charge in [0.25, 0.3) is 0 Å². The van der Waals surface area contributed by atoms with E-state index in [1.54, 1.807) is 7.11 Å². The van der Waals surface area contributed by atoms with Gasteiger partial charge in [0, 0.05) is 5.69 Å². The Morgan fingerprint density at radius 2 is 1.89 bits per heavy atom. The van der Waals surface area contributed by atoms with Crippen molar-refractivity contribution in [2.45, 2.75) is 0 Å². The molecule has 3 rings (SSSR count). The Hall–Kier alpha value is -1.78. The highest BCUT2D eigenvalue weighted by atomic mass is 35.5. The zero-order valence-electron chi connectivity index (χ0n) is 10.2. The maximum absolute atomic E-state index is 6.17. The van der Waals surface area contributed by atoms with Gasteiger partial charge in [-0.05, 0) is 48.6 Å². The fourth-order valence-electron chi connectivity index (χ4n) is 2.08. The Balaban J connectivity index is 2.27. The van der Waals surface area contributed by atoms with Crippen LogP contribution < -0.4 is 4.74 Å². The maximum atomic E-state index is 6.17. The van der Waals surface area contributed by atoms with Gasteiger partial charge >= 0.3 is 0 Å². The number of ether oxygens (including phenoxy) is 1. The SMILES string of the molecule is COc1ccc(-n2c(=S)[nH]c3c(Cl)cccc32)cc1. The zero-order valence-corrected chi connectivity index (χ0v) is 11.8. The average Bonchev–Trinajstić information content (AvgIpc) is 2.77. The molecule has 0 spiro atoms. The first-order valence-electron chi connectivity index (χ1n) is 5.74. The van der Waals surface area contributed by atoms with Gasteiger partial charge in [0.15, 0.2) is 4.77 Å². The van der Waals surface area contributed by atoms with Gasteiger partial charge < -0.3 is 9.72 Å². The molecule has 0 aliphatic carbocycles. The van der Waals surface area contributed by atoms with E-state index in [4.69, 9.17) is 28.6 Å². The van der Waals surface area contributed by atoms with Crippen molar-refractivity contribution in [2.24, 2.45) is 0 Å². The van der Waals surface area contributed by atoms with Crippen LogP contribution in [0.4, 0.5) is 0 Å². The normalized spacial score (nSPS) is 10.8. The molecule has 0 saturated heterocycles. The lowest BCUT2D eigenvalue weighted by Crippen LogP contribution is -1.93. The van der Waals surface area contributed by atoms with E-state index in [2.05, 4.69) is 4.98 Å². The quantitative estimate of drug-likeness (QED) is 0.711. The molecule has 3 nitrogen and oxygen atoms in total. The number of methoxy groups -OCH3 is 1. The molecule has 0 amide bonds. The predicted octanol–water partition coefficient (Wildman–Crippen LogP) is 4.35. The Bertz CT molecular complexity index is 789. The number of halogens is 1. The van der Waals surface area contributed by atoms with Crippen molar-refractivity contribution in [3.05, 3.63) is 52.3 Å². The van der Waals surface area contributed by atoms with Gasteiger partial charge in [0.1, 0.15) is 5.75 Å². The fourth-order valence-corrected chi connectivity index (χ4v) is 2.61. The van der Waals surface area contributed by atoms with E-state index in [0.29, 0.717) is 9.79 Å². The summed E-state index contributed by atoms with van der Waals surface area (Å²) >= 11 is 11.5. The van der Waals surface area contributed by atoms with Crippen LogP contribution in [0.15, 0.2) is 42.5 Å². The van der Waals surface area contributed by atoms with Crippen molar-refractivity contribution < 1.29 is 4.74 Å². The lowest BCUT2D eigenvalue weighted by molar-refractivity contribution is 0.415. The predicted molar refractivity (Wildman–Crippen MR) is 80.0 cm³/mol. The van der Waals surface area contributed by atoms with Gasteiger partial charge in [-0.1, -0.05) is 17.7 Å². The Morgan fingerprint density at radius 3 is 2.58 bits per heavy atom. The van der Waals surface area contributed by atoms with Gasteiger partial charge in [-0.3, -0.25) is 4.57 Å². The molecule has 1 heterocycles. The van der Waals surface area contributed by atoms with Crippen molar-refractivity contribution in [1.29, 1.82) is 0 Å². The minimum Gasteiger partial charge on any atom is -0.497 e. The smallest absolute Gasteiger partial charge is 0.182 e. The van der Waals surface area contributed by atoms with E-state index in [-0.39, 0.29) is 0 Å². The van der Waals surface area contributed by atoms with Gasteiger partial charge in [-0.2, -0.15) is 0 Å². The number of fused-ring (bicyclic) bond motifs is 1. The third-order valence-electron chi connectivity index (χ3n) is 3.00. The summed E-state index contributed by atoms with van der Waals surface area (Å²) in [6.45, 7) is 0. The first kappa shape index (κ1) is 12.3. The van der Waals surface area contributed by atoms with Crippen molar-refractivity contribution in [2.75, 3.05) is 7.11 Å². The molecule has 5 heteroatoms. The molecule has 0 bridgehead atoms. The Labute approximate surface area is 120 Å². The molecule has 0 radical (unpaired) electrons. The van der Waals surface area contributed by atoms with Crippen molar-refractivity contribution in [3.8, 4) is 11.4 Å². The maximum Gasteiger partial charge on any atom is 0.182 e. The van der Waals surface area contributed by atoms with E-state index in [1.807, 2.05) is 47.0 Å². The van der Waals surface area contributed by atoms with Crippen LogP contribution >= 0.6 is 23.8 Å². The van der Waals surface area contributed by atoms with Gasteiger partial charge in [0.05, 0.1) is 23.2 Å². The van der Waals surface area contributed by atoms with Gasteiger partial charge in [0.2, 0.25) is 0 Å². The second kappa shape index (κ2) is 4.72. The lowest BCUT2D eigenvalue weighted by atomic mass is 10.2. The second-order valence-corrected chi connectivity index (χ2v) is 4.89. The summed E-state index contributed by atoms with van der Waals surface area (Å²) in [5.41, 5.74) is 2.78. The number of aromatic amines is 1. The first-order chi connectivity index (χ1) is 9.20. The molecule has 1 aromatic heterocycles. The Kier molecular flexibility index (Phi) is 3.05. The summed E-state index contributed by atoms with van der Waals surface area (Å²) < 4.78 is 7.73. The largest absolute Gasteiger partial charge is 0.497 e. The van der Waals surface area contributed by atoms with Crippen LogP contribution in [0.5, 0.6) is 5.75 Å². The molecular weight excluding hydrogens is 280 g/mol. The third-order valence-corrected chi connectivity index (χ3v) is 3.60. The monoisotopic (exact) mass is 290 g/mol. The van der Waals surface area contributed by atoms with Crippen LogP contribution in [0.3, 0.4) is 0 Å². The van der Waals surface area contributed by atoms with E-state index in [0.717, 1.165) is 22.5 Å². The highest BCUT2D eigenvalue weighted by Crippen LogP contribution is 2.26. The molecule has 0 saturated carbocycles. The summed E-state index contributed by atoms with van der Waals surface area (Å²) in [5, 5.41) is 0.663. The summed E-state index contributed by atoms with van der Waals surface area (Å²) in [6, 6.07) is 13.5. The first-order valence-corrected chi connectivity index (χ1v) is 6.53. The number of nitrogens with one attached hydrogen (secondary N) is 1. The van der Waals surface area contributed by atoms with Crippen LogP contribution in [-0.4, -0.2) is 16.7 Å². The molecule has 0 aliphatic heterocycles. The highest BCUT2D eigenvalue weighted by molar-refractivity contribution is 7.71. The van der Waals surface area contributed by atoms with Crippen molar-refractivity contribution >= 4 is 34.9 Å². The fraction of sp³-hybridized carbons (Fsp3) is 0.0714. The number of rotatable bonds is 2. The van der Waals surface area contributed by atoms with E-state index >= 15 is 0 Å². The Morgan fingerprint density at radius 1 is 1.16 bits per heavy atom. The van der Waals surface area contributed by atoms with Crippen LogP contribution in [0.25, 0.3) is 16.7 Å². The van der Waals surface area contributed by atoms with Crippen molar-refractivity contribution in [3.63, 3.8) is 0 Å². The minimum atomic E-state index is 0.619. The molecule has 96 valence electrons. The number of aromatic nitrogens is 2. The van der Waals surface area contributed by atoms with Crippen LogP contribution in [0, 0.1) is 4.77 Å². The summed E-state index contributed by atoms with van der Waals surface area (Å²) in [6.07, 6.45) is 0. The van der Waals surface area contributed by atoms with Crippen LogP contribution in [0.2, 0.25) is 5.02 Å². The summed E-state index contributed by atoms with van der Waals surface area (Å²) in [5.74, 6) is 0.813. The molecule has 1 N–H and O–H groups in total. The number of para-hydroxylation sites is 1. The topological polar surface area (TPSA) is 29.9 Å². The number of H-pyrrole nitrogens is 1. The third kappa shape index (κ3) is 2.03. The number of nitrogens with zero attached hydrogens (tertiary/aromatic N) is 1. The second-order valence-electron chi connectivity index (χ2n) is 4.10. The van der Waals surface area contributed by atoms with E-state index in [9.17, 15) is 0 Å². The molecule has 0 unspecified atom stereocenters. The molecule has 0 fully saturated rings. The van der Waals surface area contributed by atoms with Gasteiger partial charge in [-0.25, -0.2) is 0 Å². The van der Waals surface area contributed by atoms with Gasteiger partial charge in [-0.15, -0.1) is 0 Å². The minimum absolute atomic E-state index is 0.619. The van der Waals surface area contributed by atoms with Crippen LogP contribution in [0.1, 0.15) is 0 Å². The number of hydrogen-bond donors (Lipinski definition) is 1.